The number of benzene rings is 2. The monoisotopic (exact) mass is 511 g/mol. The van der Waals surface area contributed by atoms with Crippen molar-refractivity contribution in [1.29, 1.82) is 0 Å². The van der Waals surface area contributed by atoms with Crippen molar-refractivity contribution in [2.75, 3.05) is 32.7 Å². The summed E-state index contributed by atoms with van der Waals surface area (Å²) in [5.41, 5.74) is 8.91. The van der Waals surface area contributed by atoms with Gasteiger partial charge in [-0.15, -0.1) is 0 Å². The van der Waals surface area contributed by atoms with Crippen LogP contribution in [-0.4, -0.2) is 55.1 Å². The lowest BCUT2D eigenvalue weighted by atomic mass is 10.0. The van der Waals surface area contributed by atoms with E-state index in [2.05, 4.69) is 10.3 Å². The summed E-state index contributed by atoms with van der Waals surface area (Å²) in [5, 5.41) is 12.8. The third-order valence-electron chi connectivity index (χ3n) is 5.48. The second kappa shape index (κ2) is 14.4. The topological polar surface area (TPSA) is 150 Å². The Balaban J connectivity index is 0.00000153. The van der Waals surface area contributed by atoms with E-state index in [0.29, 0.717) is 41.5 Å². The van der Waals surface area contributed by atoms with Crippen LogP contribution in [0.4, 0.5) is 5.69 Å². The highest BCUT2D eigenvalue weighted by Crippen LogP contribution is 2.31. The molecule has 0 spiro atoms. The number of nitrogens with two attached hydrogens (primary N) is 1. The first-order valence-electron chi connectivity index (χ1n) is 11.8. The number of hydrogen-bond acceptors (Lipinski definition) is 9. The Labute approximate surface area is 215 Å². The van der Waals surface area contributed by atoms with Crippen LogP contribution >= 0.6 is 0 Å². The van der Waals surface area contributed by atoms with Crippen molar-refractivity contribution in [3.63, 3.8) is 0 Å². The van der Waals surface area contributed by atoms with Crippen LogP contribution < -0.4 is 25.3 Å². The molecule has 1 aromatic heterocycles. The van der Waals surface area contributed by atoms with Crippen LogP contribution in [0.25, 0.3) is 10.9 Å². The van der Waals surface area contributed by atoms with E-state index in [1.54, 1.807) is 18.2 Å². The van der Waals surface area contributed by atoms with Gasteiger partial charge in [-0.1, -0.05) is 19.9 Å². The molecule has 0 saturated carbocycles. The normalized spacial score (nSPS) is 11.2. The average molecular weight is 512 g/mol. The fourth-order valence-corrected chi connectivity index (χ4v) is 3.55. The molecule has 10 heteroatoms. The summed E-state index contributed by atoms with van der Waals surface area (Å²) in [6, 6.07) is 12.2. The number of aliphatic hydroxyl groups excluding tert-OH is 1. The molecule has 0 aliphatic heterocycles. The molecule has 1 heterocycles. The molecule has 0 fully saturated rings. The number of aromatic nitrogens is 1. The molecule has 3 aromatic rings. The van der Waals surface area contributed by atoms with Gasteiger partial charge in [0.2, 0.25) is 0 Å². The van der Waals surface area contributed by atoms with Gasteiger partial charge in [-0.3, -0.25) is 9.78 Å². The molecule has 37 heavy (non-hydrogen) atoms. The maximum atomic E-state index is 13.0. The summed E-state index contributed by atoms with van der Waals surface area (Å²) in [4.78, 5) is 33.8. The van der Waals surface area contributed by atoms with Crippen LogP contribution in [0.5, 0.6) is 17.2 Å². The van der Waals surface area contributed by atoms with Crippen LogP contribution in [0.3, 0.4) is 0 Å². The lowest BCUT2D eigenvalue weighted by Gasteiger charge is -2.23. The summed E-state index contributed by atoms with van der Waals surface area (Å²) in [5.74, 6) is 1.50. The summed E-state index contributed by atoms with van der Waals surface area (Å²) < 4.78 is 17.1. The van der Waals surface area contributed by atoms with Gasteiger partial charge in [-0.25, -0.2) is 0 Å². The quantitative estimate of drug-likeness (QED) is 0.330. The molecular formula is C27H33N3O7. The number of nitrogen functional groups attached to an aromatic ring is 1. The molecule has 0 bridgehead atoms. The smallest absolute Gasteiger partial charge is 0.373 e. The molecule has 4 N–H and O–H groups in total. The van der Waals surface area contributed by atoms with Gasteiger partial charge in [-0.2, -0.15) is 9.59 Å². The van der Waals surface area contributed by atoms with Crippen molar-refractivity contribution < 1.29 is 33.7 Å². The number of ether oxygens (including phenoxy) is 3. The number of rotatable bonds is 11. The number of amides is 1. The van der Waals surface area contributed by atoms with Gasteiger partial charge < -0.3 is 30.4 Å². The van der Waals surface area contributed by atoms with E-state index in [9.17, 15) is 4.79 Å². The van der Waals surface area contributed by atoms with E-state index in [-0.39, 0.29) is 37.2 Å². The van der Waals surface area contributed by atoms with Gasteiger partial charge in [0.15, 0.2) is 11.5 Å². The van der Waals surface area contributed by atoms with Crippen LogP contribution in [-0.2, 0) is 9.59 Å². The molecule has 0 aliphatic rings. The van der Waals surface area contributed by atoms with Crippen molar-refractivity contribution >= 4 is 28.6 Å². The zero-order chi connectivity index (χ0) is 27.4. The van der Waals surface area contributed by atoms with Gasteiger partial charge in [0, 0.05) is 30.0 Å². The molecule has 3 rings (SSSR count). The number of pyridine rings is 1. The lowest BCUT2D eigenvalue weighted by molar-refractivity contribution is -0.191. The minimum Gasteiger partial charge on any atom is -0.493 e. The van der Waals surface area contributed by atoms with E-state index < -0.39 is 0 Å². The third kappa shape index (κ3) is 8.20. The van der Waals surface area contributed by atoms with Gasteiger partial charge >= 0.3 is 6.15 Å². The minimum atomic E-state index is -0.242. The number of aliphatic hydroxyl groups is 1. The van der Waals surface area contributed by atoms with Crippen molar-refractivity contribution in [3.05, 3.63) is 53.7 Å². The number of carbonyl (C=O) groups excluding carboxylic acids is 3. The Hall–Kier alpha value is -4.14. The number of anilines is 1. The molecule has 1 amide bonds. The van der Waals surface area contributed by atoms with E-state index in [1.165, 1.54) is 7.11 Å². The van der Waals surface area contributed by atoms with Crippen LogP contribution in [0.15, 0.2) is 42.5 Å². The van der Waals surface area contributed by atoms with E-state index >= 15 is 0 Å². The second-order valence-corrected chi connectivity index (χ2v) is 8.51. The maximum absolute atomic E-state index is 13.0. The van der Waals surface area contributed by atoms with Gasteiger partial charge in [-0.05, 0) is 49.2 Å². The Bertz CT molecular complexity index is 1220. The SMILES string of the molecule is COc1cc(C(=O)N[C@H](COc2cccc3nc(C)cc(N)c23)C(C)C)ccc1OCCCO.O=C=O. The largest absolute Gasteiger partial charge is 0.493 e. The van der Waals surface area contributed by atoms with E-state index in [4.69, 9.17) is 34.6 Å². The predicted octanol–water partition coefficient (Wildman–Crippen LogP) is 3.15. The molecule has 0 unspecified atom stereocenters. The number of aryl methyl sites for hydroxylation is 1. The fourth-order valence-electron chi connectivity index (χ4n) is 3.55. The number of methoxy groups -OCH3 is 1. The zero-order valence-corrected chi connectivity index (χ0v) is 21.4. The molecule has 2 aromatic carbocycles. The molecule has 1 atom stereocenters. The number of nitrogens with one attached hydrogen (secondary N) is 1. The Morgan fingerprint density at radius 2 is 1.84 bits per heavy atom. The highest BCUT2D eigenvalue weighted by atomic mass is 16.5. The third-order valence-corrected chi connectivity index (χ3v) is 5.48. The van der Waals surface area contributed by atoms with Crippen LogP contribution in [0, 0.1) is 12.8 Å². The molecule has 0 aliphatic carbocycles. The fraction of sp³-hybridized carbons (Fsp3) is 0.370. The zero-order valence-electron chi connectivity index (χ0n) is 21.4. The highest BCUT2D eigenvalue weighted by Gasteiger charge is 2.20. The summed E-state index contributed by atoms with van der Waals surface area (Å²) in [6.45, 7) is 6.62. The van der Waals surface area contributed by atoms with Gasteiger partial charge in [0.1, 0.15) is 12.4 Å². The Morgan fingerprint density at radius 1 is 1.11 bits per heavy atom. The first kappa shape index (κ1) is 29.1. The Morgan fingerprint density at radius 3 is 2.49 bits per heavy atom. The van der Waals surface area contributed by atoms with Crippen molar-refractivity contribution in [1.82, 2.24) is 10.3 Å². The predicted molar refractivity (Wildman–Crippen MR) is 138 cm³/mol. The Kier molecular flexibility index (Phi) is 11.3. The van der Waals surface area contributed by atoms with Gasteiger partial charge in [0.05, 0.1) is 30.7 Å². The minimum absolute atomic E-state index is 0.0446. The molecular weight excluding hydrogens is 478 g/mol. The molecule has 198 valence electrons. The number of nitrogens with zero attached hydrogens (tertiary/aromatic N) is 1. The molecule has 10 nitrogen and oxygen atoms in total. The molecule has 0 saturated heterocycles. The summed E-state index contributed by atoms with van der Waals surface area (Å²) in [7, 11) is 1.52. The number of fused-ring (bicyclic) bond motifs is 1. The van der Waals surface area contributed by atoms with Gasteiger partial charge in [0.25, 0.3) is 5.91 Å². The molecule has 0 radical (unpaired) electrons. The highest BCUT2D eigenvalue weighted by molar-refractivity contribution is 5.96. The standard InChI is InChI=1S/C26H33N3O5.CO2/c1-16(2)21(15-34-23-8-5-7-20-25(23)19(27)13-17(3)28-20)29-26(31)18-9-10-22(24(14-18)32-4)33-12-6-11-30;2-1-3/h5,7-10,13-14,16,21,30H,6,11-12,15H2,1-4H3,(H2,27,28)(H,29,31);/t21-;/m1./s1. The van der Waals surface area contributed by atoms with Crippen molar-refractivity contribution in [2.24, 2.45) is 5.92 Å². The maximum Gasteiger partial charge on any atom is 0.373 e. The summed E-state index contributed by atoms with van der Waals surface area (Å²) >= 11 is 0. The van der Waals surface area contributed by atoms with Crippen molar-refractivity contribution in [2.45, 2.75) is 33.2 Å². The first-order chi connectivity index (χ1) is 17.7. The summed E-state index contributed by atoms with van der Waals surface area (Å²) in [6.07, 6.45) is 0.763. The van der Waals surface area contributed by atoms with E-state index in [1.807, 2.05) is 45.0 Å². The number of hydrogen-bond donors (Lipinski definition) is 3. The van der Waals surface area contributed by atoms with E-state index in [0.717, 1.165) is 16.6 Å². The lowest BCUT2D eigenvalue weighted by Crippen LogP contribution is -2.42. The average Bonchev–Trinajstić information content (AvgIpc) is 2.86. The van der Waals surface area contributed by atoms with Crippen molar-refractivity contribution in [3.8, 4) is 17.2 Å². The van der Waals surface area contributed by atoms with Crippen LogP contribution in [0.2, 0.25) is 0 Å². The number of carbonyl (C=O) groups is 1. The second-order valence-electron chi connectivity index (χ2n) is 8.51. The van der Waals surface area contributed by atoms with Crippen LogP contribution in [0.1, 0.15) is 36.3 Å². The first-order valence-corrected chi connectivity index (χ1v) is 11.8.